The van der Waals surface area contributed by atoms with Crippen molar-refractivity contribution < 1.29 is 23.0 Å². The predicted octanol–water partition coefficient (Wildman–Crippen LogP) is 1.48. The Morgan fingerprint density at radius 1 is 1.47 bits per heavy atom. The van der Waals surface area contributed by atoms with Crippen LogP contribution in [-0.2, 0) is 9.47 Å². The number of nitrogens with one attached hydrogen (secondary N) is 1. The summed E-state index contributed by atoms with van der Waals surface area (Å²) in [4.78, 5) is 13.1. The molecule has 0 aliphatic carbocycles. The lowest BCUT2D eigenvalue weighted by Gasteiger charge is -2.20. The maximum atomic E-state index is 13.7. The summed E-state index contributed by atoms with van der Waals surface area (Å²) in [5.41, 5.74) is 0. The van der Waals surface area contributed by atoms with Crippen molar-refractivity contribution in [1.82, 2.24) is 10.2 Å². The van der Waals surface area contributed by atoms with Crippen molar-refractivity contribution >= 4 is 6.09 Å². The normalized spacial score (nSPS) is 24.5. The molecular weight excluding hydrogens is 258 g/mol. The second-order valence-corrected chi connectivity index (χ2v) is 5.18. The highest BCUT2D eigenvalue weighted by atomic mass is 19.3. The van der Waals surface area contributed by atoms with Crippen LogP contribution >= 0.6 is 0 Å². The van der Waals surface area contributed by atoms with Crippen molar-refractivity contribution in [3.05, 3.63) is 0 Å². The Morgan fingerprint density at radius 3 is 2.58 bits per heavy atom. The lowest BCUT2D eigenvalue weighted by Crippen LogP contribution is -2.42. The van der Waals surface area contributed by atoms with E-state index in [0.29, 0.717) is 6.61 Å². The van der Waals surface area contributed by atoms with Gasteiger partial charge in [0.15, 0.2) is 6.10 Å². The first-order chi connectivity index (χ1) is 8.76. The van der Waals surface area contributed by atoms with Crippen LogP contribution in [0.4, 0.5) is 13.6 Å². The number of nitrogens with zero attached hydrogens (tertiary/aromatic N) is 1. The smallest absolute Gasteiger partial charge is 0.407 e. The van der Waals surface area contributed by atoms with Crippen LogP contribution < -0.4 is 5.32 Å². The minimum absolute atomic E-state index is 0.00467. The molecule has 0 radical (unpaired) electrons. The van der Waals surface area contributed by atoms with Gasteiger partial charge in [-0.1, -0.05) is 0 Å². The molecule has 0 unspecified atom stereocenters. The molecule has 1 fully saturated rings. The SMILES string of the molecule is COC[C@@H](C)NC(=O)O[C@H]1CN(C(C)C)CC1(F)F. The van der Waals surface area contributed by atoms with Gasteiger partial charge in [0.2, 0.25) is 0 Å². The van der Waals surface area contributed by atoms with Gasteiger partial charge in [0.05, 0.1) is 19.2 Å². The summed E-state index contributed by atoms with van der Waals surface area (Å²) in [6.07, 6.45) is -2.23. The fourth-order valence-corrected chi connectivity index (χ4v) is 1.96. The summed E-state index contributed by atoms with van der Waals surface area (Å²) >= 11 is 0. The number of alkyl carbamates (subject to hydrolysis) is 1. The van der Waals surface area contributed by atoms with Crippen molar-refractivity contribution in [2.45, 2.75) is 44.9 Å². The van der Waals surface area contributed by atoms with E-state index in [0.717, 1.165) is 0 Å². The molecule has 1 rings (SSSR count). The van der Waals surface area contributed by atoms with Gasteiger partial charge in [-0.15, -0.1) is 0 Å². The van der Waals surface area contributed by atoms with Crippen LogP contribution in [0.1, 0.15) is 20.8 Å². The summed E-state index contributed by atoms with van der Waals surface area (Å²) in [5, 5.41) is 2.45. The van der Waals surface area contributed by atoms with Gasteiger partial charge in [-0.05, 0) is 20.8 Å². The maximum absolute atomic E-state index is 13.7. The standard InChI is InChI=1S/C12H22F2N2O3/c1-8(2)16-5-10(12(13,14)7-16)19-11(17)15-9(3)6-18-4/h8-10H,5-7H2,1-4H3,(H,15,17)/t9-,10+/m1/s1. The van der Waals surface area contributed by atoms with Gasteiger partial charge >= 0.3 is 6.09 Å². The second kappa shape index (κ2) is 6.47. The average molecular weight is 280 g/mol. The molecule has 0 aromatic heterocycles. The third-order valence-corrected chi connectivity index (χ3v) is 3.05. The Balaban J connectivity index is 2.49. The molecule has 1 saturated heterocycles. The molecule has 1 heterocycles. The van der Waals surface area contributed by atoms with Gasteiger partial charge in [0.1, 0.15) is 0 Å². The summed E-state index contributed by atoms with van der Waals surface area (Å²) < 4.78 is 37.1. The van der Waals surface area contributed by atoms with E-state index < -0.39 is 18.1 Å². The van der Waals surface area contributed by atoms with E-state index in [9.17, 15) is 13.6 Å². The van der Waals surface area contributed by atoms with Crippen LogP contribution in [0, 0.1) is 0 Å². The molecule has 1 aliphatic heterocycles. The molecule has 112 valence electrons. The molecule has 5 nitrogen and oxygen atoms in total. The number of rotatable bonds is 5. The molecule has 0 aromatic rings. The number of ether oxygens (including phenoxy) is 2. The molecular formula is C12H22F2N2O3. The number of methoxy groups -OCH3 is 1. The number of amides is 1. The zero-order valence-electron chi connectivity index (χ0n) is 11.8. The topological polar surface area (TPSA) is 50.8 Å². The van der Waals surface area contributed by atoms with Crippen LogP contribution in [-0.4, -0.2) is 61.9 Å². The van der Waals surface area contributed by atoms with E-state index in [4.69, 9.17) is 9.47 Å². The zero-order valence-corrected chi connectivity index (χ0v) is 11.8. The Morgan fingerprint density at radius 2 is 2.11 bits per heavy atom. The number of carbonyl (C=O) groups is 1. The van der Waals surface area contributed by atoms with E-state index in [2.05, 4.69) is 5.32 Å². The number of alkyl halides is 2. The Kier molecular flexibility index (Phi) is 5.49. The minimum Gasteiger partial charge on any atom is -0.438 e. The largest absolute Gasteiger partial charge is 0.438 e. The molecule has 7 heteroatoms. The number of hydrogen-bond donors (Lipinski definition) is 1. The fraction of sp³-hybridized carbons (Fsp3) is 0.917. The molecule has 0 bridgehead atoms. The van der Waals surface area contributed by atoms with Crippen LogP contribution in [0.25, 0.3) is 0 Å². The number of likely N-dealkylation sites (tertiary alicyclic amines) is 1. The maximum Gasteiger partial charge on any atom is 0.407 e. The van der Waals surface area contributed by atoms with Gasteiger partial charge < -0.3 is 14.8 Å². The van der Waals surface area contributed by atoms with Crippen molar-refractivity contribution in [1.29, 1.82) is 0 Å². The van der Waals surface area contributed by atoms with E-state index >= 15 is 0 Å². The second-order valence-electron chi connectivity index (χ2n) is 5.18. The van der Waals surface area contributed by atoms with Crippen molar-refractivity contribution in [2.75, 3.05) is 26.8 Å². The molecule has 1 N–H and O–H groups in total. The monoisotopic (exact) mass is 280 g/mol. The Labute approximate surface area is 112 Å². The minimum atomic E-state index is -3.01. The summed E-state index contributed by atoms with van der Waals surface area (Å²) in [6, 6.07) is -0.288. The first-order valence-corrected chi connectivity index (χ1v) is 6.34. The Hall–Kier alpha value is -0.950. The fourth-order valence-electron chi connectivity index (χ4n) is 1.96. The molecule has 0 aromatic carbocycles. The summed E-state index contributed by atoms with van der Waals surface area (Å²) in [6.45, 7) is 5.34. The van der Waals surface area contributed by atoms with Crippen LogP contribution in [0.2, 0.25) is 0 Å². The van der Waals surface area contributed by atoms with Crippen molar-refractivity contribution in [3.8, 4) is 0 Å². The highest BCUT2D eigenvalue weighted by Gasteiger charge is 2.51. The van der Waals surface area contributed by atoms with Crippen LogP contribution in [0.5, 0.6) is 0 Å². The lowest BCUT2D eigenvalue weighted by atomic mass is 10.2. The predicted molar refractivity (Wildman–Crippen MR) is 66.4 cm³/mol. The molecule has 1 aliphatic rings. The highest BCUT2D eigenvalue weighted by molar-refractivity contribution is 5.67. The van der Waals surface area contributed by atoms with Crippen molar-refractivity contribution in [3.63, 3.8) is 0 Å². The summed E-state index contributed by atoms with van der Waals surface area (Å²) in [5.74, 6) is -3.01. The van der Waals surface area contributed by atoms with Crippen LogP contribution in [0.15, 0.2) is 0 Å². The highest BCUT2D eigenvalue weighted by Crippen LogP contribution is 2.31. The quantitative estimate of drug-likeness (QED) is 0.828. The zero-order chi connectivity index (χ0) is 14.6. The van der Waals surface area contributed by atoms with E-state index in [1.165, 1.54) is 7.11 Å². The average Bonchev–Trinajstić information content (AvgIpc) is 2.54. The van der Waals surface area contributed by atoms with Gasteiger partial charge in [0.25, 0.3) is 5.92 Å². The lowest BCUT2D eigenvalue weighted by molar-refractivity contribution is -0.0786. The third-order valence-electron chi connectivity index (χ3n) is 3.05. The first kappa shape index (κ1) is 16.1. The molecule has 0 saturated carbocycles. The third kappa shape index (κ3) is 4.58. The van der Waals surface area contributed by atoms with Gasteiger partial charge in [-0.2, -0.15) is 0 Å². The molecule has 0 spiro atoms. The Bertz CT molecular complexity index is 313. The van der Waals surface area contributed by atoms with E-state index in [1.807, 2.05) is 13.8 Å². The number of carbonyl (C=O) groups excluding carboxylic acids is 1. The van der Waals surface area contributed by atoms with Gasteiger partial charge in [-0.3, -0.25) is 4.90 Å². The first-order valence-electron chi connectivity index (χ1n) is 6.34. The number of hydrogen-bond acceptors (Lipinski definition) is 4. The molecule has 19 heavy (non-hydrogen) atoms. The van der Waals surface area contributed by atoms with Gasteiger partial charge in [-0.25, -0.2) is 13.6 Å². The van der Waals surface area contributed by atoms with Gasteiger partial charge in [0, 0.05) is 19.7 Å². The van der Waals surface area contributed by atoms with E-state index in [1.54, 1.807) is 11.8 Å². The van der Waals surface area contributed by atoms with Crippen molar-refractivity contribution in [2.24, 2.45) is 0 Å². The summed E-state index contributed by atoms with van der Waals surface area (Å²) in [7, 11) is 1.50. The molecule has 2 atom stereocenters. The molecule has 1 amide bonds. The number of halogens is 2. The van der Waals surface area contributed by atoms with Crippen LogP contribution in [0.3, 0.4) is 0 Å². The van der Waals surface area contributed by atoms with E-state index in [-0.39, 0.29) is 25.2 Å².